The number of carbonyl (C=O) groups excluding carboxylic acids is 1. The van der Waals surface area contributed by atoms with E-state index < -0.39 is 15.9 Å². The average molecular weight is 393 g/mol. The van der Waals surface area contributed by atoms with E-state index >= 15 is 0 Å². The van der Waals surface area contributed by atoms with Crippen LogP contribution in [0.25, 0.3) is 10.9 Å². The van der Waals surface area contributed by atoms with Crippen LogP contribution in [0.2, 0.25) is 0 Å². The summed E-state index contributed by atoms with van der Waals surface area (Å²) < 4.78 is 22.5. The van der Waals surface area contributed by atoms with Crippen molar-refractivity contribution in [1.82, 2.24) is 4.98 Å². The predicted octanol–water partition coefficient (Wildman–Crippen LogP) is 2.34. The van der Waals surface area contributed by atoms with Gasteiger partial charge in [-0.15, -0.1) is 0 Å². The maximum absolute atomic E-state index is 12.3. The van der Waals surface area contributed by atoms with Gasteiger partial charge in [-0.1, -0.05) is 18.2 Å². The van der Waals surface area contributed by atoms with Gasteiger partial charge in [-0.05, 0) is 36.4 Å². The fraction of sp³-hybridized carbons (Fsp3) is 0. The Morgan fingerprint density at radius 3 is 2.50 bits per heavy atom. The summed E-state index contributed by atoms with van der Waals surface area (Å²) in [6.07, 6.45) is 2.94. The molecule has 0 fully saturated rings. The van der Waals surface area contributed by atoms with E-state index in [1.165, 1.54) is 30.5 Å². The van der Waals surface area contributed by atoms with Gasteiger partial charge in [-0.25, -0.2) is 13.6 Å². The molecule has 1 heterocycles. The van der Waals surface area contributed by atoms with Gasteiger partial charge in [0.25, 0.3) is 5.91 Å². The Labute approximate surface area is 161 Å². The van der Waals surface area contributed by atoms with Gasteiger partial charge in [0, 0.05) is 23.5 Å². The zero-order valence-corrected chi connectivity index (χ0v) is 15.3. The van der Waals surface area contributed by atoms with Gasteiger partial charge in [0.15, 0.2) is 0 Å². The summed E-state index contributed by atoms with van der Waals surface area (Å²) in [6.45, 7) is 0. The van der Waals surface area contributed by atoms with Gasteiger partial charge < -0.3 is 10.6 Å². The van der Waals surface area contributed by atoms with Crippen molar-refractivity contribution in [3.63, 3.8) is 0 Å². The molecule has 3 aromatic rings. The molecule has 0 saturated heterocycles. The van der Waals surface area contributed by atoms with Crippen molar-refractivity contribution in [2.24, 2.45) is 5.14 Å². The van der Waals surface area contributed by atoms with E-state index in [1.54, 1.807) is 12.3 Å². The maximum Gasteiger partial charge on any atom is 0.267 e. The van der Waals surface area contributed by atoms with Crippen LogP contribution in [0.5, 0.6) is 0 Å². The molecule has 28 heavy (non-hydrogen) atoms. The van der Waals surface area contributed by atoms with Crippen molar-refractivity contribution in [3.8, 4) is 6.07 Å². The highest BCUT2D eigenvalue weighted by Gasteiger charge is 2.11. The van der Waals surface area contributed by atoms with E-state index in [1.807, 2.05) is 30.3 Å². The van der Waals surface area contributed by atoms with Crippen molar-refractivity contribution in [1.29, 1.82) is 5.26 Å². The number of nitrogens with zero attached hydrogens (tertiary/aromatic N) is 2. The van der Waals surface area contributed by atoms with Crippen molar-refractivity contribution in [3.05, 3.63) is 72.6 Å². The number of primary sulfonamides is 1. The SMILES string of the molecule is N#C/C(=C/Nc1cccc2cccnc12)C(=O)Nc1ccc(S(N)(=O)=O)cc1. The number of nitrogens with one attached hydrogen (secondary N) is 2. The van der Waals surface area contributed by atoms with Gasteiger partial charge in [-0.3, -0.25) is 9.78 Å². The van der Waals surface area contributed by atoms with Crippen LogP contribution in [0.1, 0.15) is 0 Å². The molecule has 8 nitrogen and oxygen atoms in total. The highest BCUT2D eigenvalue weighted by molar-refractivity contribution is 7.89. The highest BCUT2D eigenvalue weighted by atomic mass is 32.2. The molecule has 0 unspecified atom stereocenters. The van der Waals surface area contributed by atoms with Gasteiger partial charge >= 0.3 is 0 Å². The second-order valence-corrected chi connectivity index (χ2v) is 7.28. The Morgan fingerprint density at radius 1 is 1.11 bits per heavy atom. The largest absolute Gasteiger partial charge is 0.358 e. The topological polar surface area (TPSA) is 138 Å². The fourth-order valence-electron chi connectivity index (χ4n) is 2.45. The van der Waals surface area contributed by atoms with Crippen molar-refractivity contribution < 1.29 is 13.2 Å². The fourth-order valence-corrected chi connectivity index (χ4v) is 2.96. The number of nitrogens with two attached hydrogens (primary N) is 1. The molecule has 2 aromatic carbocycles. The van der Waals surface area contributed by atoms with Crippen LogP contribution in [0.4, 0.5) is 11.4 Å². The lowest BCUT2D eigenvalue weighted by molar-refractivity contribution is -0.112. The second-order valence-electron chi connectivity index (χ2n) is 5.72. The summed E-state index contributed by atoms with van der Waals surface area (Å²) in [5.41, 5.74) is 1.52. The molecule has 4 N–H and O–H groups in total. The molecule has 0 aliphatic carbocycles. The van der Waals surface area contributed by atoms with Crippen LogP contribution < -0.4 is 15.8 Å². The molecule has 140 valence electrons. The third-order valence-corrected chi connectivity index (χ3v) is 4.74. The Balaban J connectivity index is 1.77. The van der Waals surface area contributed by atoms with Crippen LogP contribution in [0.15, 0.2) is 77.5 Å². The second kappa shape index (κ2) is 7.87. The third kappa shape index (κ3) is 4.32. The summed E-state index contributed by atoms with van der Waals surface area (Å²) in [6, 6.07) is 16.4. The van der Waals surface area contributed by atoms with Gasteiger partial charge in [-0.2, -0.15) is 5.26 Å². The Kier molecular flexibility index (Phi) is 5.35. The van der Waals surface area contributed by atoms with Gasteiger partial charge in [0.1, 0.15) is 11.6 Å². The van der Waals surface area contributed by atoms with Crippen LogP contribution in [-0.4, -0.2) is 19.3 Å². The van der Waals surface area contributed by atoms with Crippen LogP contribution >= 0.6 is 0 Å². The minimum atomic E-state index is -3.82. The number of para-hydroxylation sites is 1. The molecular weight excluding hydrogens is 378 g/mol. The quantitative estimate of drug-likeness (QED) is 0.449. The number of fused-ring (bicyclic) bond motifs is 1. The summed E-state index contributed by atoms with van der Waals surface area (Å²) in [5, 5.41) is 20.7. The predicted molar refractivity (Wildman–Crippen MR) is 106 cm³/mol. The van der Waals surface area contributed by atoms with E-state index in [2.05, 4.69) is 15.6 Å². The van der Waals surface area contributed by atoms with Crippen molar-refractivity contribution in [2.45, 2.75) is 4.90 Å². The molecule has 0 aliphatic rings. The number of carbonyl (C=O) groups is 1. The maximum atomic E-state index is 12.3. The first-order valence-electron chi connectivity index (χ1n) is 8.03. The van der Waals surface area contributed by atoms with Crippen LogP contribution in [0.3, 0.4) is 0 Å². The number of rotatable bonds is 5. The first-order chi connectivity index (χ1) is 13.4. The number of hydrogen-bond acceptors (Lipinski definition) is 6. The minimum absolute atomic E-state index is 0.0772. The van der Waals surface area contributed by atoms with Crippen LogP contribution in [-0.2, 0) is 14.8 Å². The number of hydrogen-bond donors (Lipinski definition) is 3. The number of aromatic nitrogens is 1. The van der Waals surface area contributed by atoms with Crippen LogP contribution in [0, 0.1) is 11.3 Å². The Hall–Kier alpha value is -3.74. The molecule has 1 aromatic heterocycles. The summed E-state index contributed by atoms with van der Waals surface area (Å²) in [5.74, 6) is -0.647. The molecule has 0 saturated carbocycles. The first-order valence-corrected chi connectivity index (χ1v) is 9.58. The lowest BCUT2D eigenvalue weighted by Gasteiger charge is -2.07. The summed E-state index contributed by atoms with van der Waals surface area (Å²) in [4.78, 5) is 16.5. The van der Waals surface area contributed by atoms with E-state index in [-0.39, 0.29) is 10.5 Å². The minimum Gasteiger partial charge on any atom is -0.358 e. The summed E-state index contributed by atoms with van der Waals surface area (Å²) >= 11 is 0. The highest BCUT2D eigenvalue weighted by Crippen LogP contribution is 2.21. The van der Waals surface area contributed by atoms with E-state index in [0.717, 1.165) is 5.39 Å². The Morgan fingerprint density at radius 2 is 1.82 bits per heavy atom. The monoisotopic (exact) mass is 393 g/mol. The van der Waals surface area contributed by atoms with Gasteiger partial charge in [0.05, 0.1) is 16.1 Å². The van der Waals surface area contributed by atoms with E-state index in [0.29, 0.717) is 16.9 Å². The van der Waals surface area contributed by atoms with Gasteiger partial charge in [0.2, 0.25) is 10.0 Å². The number of nitriles is 1. The Bertz CT molecular complexity index is 1210. The summed E-state index contributed by atoms with van der Waals surface area (Å²) in [7, 11) is -3.82. The number of anilines is 2. The number of benzene rings is 2. The van der Waals surface area contributed by atoms with E-state index in [4.69, 9.17) is 5.14 Å². The van der Waals surface area contributed by atoms with Crippen molar-refractivity contribution >= 4 is 38.2 Å². The van der Waals surface area contributed by atoms with E-state index in [9.17, 15) is 18.5 Å². The molecule has 0 aliphatic heterocycles. The molecule has 3 rings (SSSR count). The normalized spacial score (nSPS) is 11.6. The number of sulfonamides is 1. The molecule has 0 spiro atoms. The molecule has 9 heteroatoms. The molecule has 0 atom stereocenters. The molecular formula is C19H15N5O3S. The number of pyridine rings is 1. The first kappa shape index (κ1) is 19.0. The zero-order chi connectivity index (χ0) is 20.1. The zero-order valence-electron chi connectivity index (χ0n) is 14.5. The lowest BCUT2D eigenvalue weighted by atomic mass is 10.2. The lowest BCUT2D eigenvalue weighted by Crippen LogP contribution is -2.15. The smallest absolute Gasteiger partial charge is 0.267 e. The average Bonchev–Trinajstić information content (AvgIpc) is 2.68. The third-order valence-electron chi connectivity index (χ3n) is 3.81. The number of amides is 1. The van der Waals surface area contributed by atoms with Crippen molar-refractivity contribution in [2.75, 3.05) is 10.6 Å². The standard InChI is InChI=1S/C19H15N5O3S/c20-11-14(12-23-17-5-1-3-13-4-2-10-22-18(13)17)19(25)24-15-6-8-16(9-7-15)28(21,26)27/h1-10,12,23H,(H,24,25)(H2,21,26,27)/b14-12-. The molecule has 1 amide bonds. The molecule has 0 bridgehead atoms. The molecule has 0 radical (unpaired) electrons.